The van der Waals surface area contributed by atoms with Gasteiger partial charge >= 0.3 is 0 Å². The van der Waals surface area contributed by atoms with Gasteiger partial charge in [0.2, 0.25) is 0 Å². The van der Waals surface area contributed by atoms with E-state index in [1.165, 1.54) is 33.2 Å². The van der Waals surface area contributed by atoms with Crippen molar-refractivity contribution in [2.75, 3.05) is 12.4 Å². The lowest BCUT2D eigenvalue weighted by molar-refractivity contribution is 0.415. The SMILES string of the molecule is C=Cc1c(C)c(CC=C(C)CCC=C(C)CBr)c(OC)c2ccccc12. The van der Waals surface area contributed by atoms with Gasteiger partial charge in [-0.25, -0.2) is 0 Å². The van der Waals surface area contributed by atoms with Crippen LogP contribution in [0.4, 0.5) is 0 Å². The van der Waals surface area contributed by atoms with Gasteiger partial charge in [-0.15, -0.1) is 0 Å². The summed E-state index contributed by atoms with van der Waals surface area (Å²) in [6.07, 6.45) is 9.67. The average Bonchev–Trinajstić information content (AvgIpc) is 2.65. The van der Waals surface area contributed by atoms with Crippen molar-refractivity contribution in [3.63, 3.8) is 0 Å². The maximum absolute atomic E-state index is 5.82. The topological polar surface area (TPSA) is 9.23 Å². The molecule has 0 aliphatic heterocycles. The molecule has 0 fully saturated rings. The first-order valence-corrected chi connectivity index (χ1v) is 10.2. The van der Waals surface area contributed by atoms with Crippen molar-refractivity contribution in [2.24, 2.45) is 0 Å². The average molecular weight is 413 g/mol. The van der Waals surface area contributed by atoms with Crippen LogP contribution in [0.2, 0.25) is 0 Å². The van der Waals surface area contributed by atoms with Gasteiger partial charge in [0.15, 0.2) is 0 Å². The Kier molecular flexibility index (Phi) is 7.71. The Hall–Kier alpha value is -1.80. The van der Waals surface area contributed by atoms with E-state index >= 15 is 0 Å². The van der Waals surface area contributed by atoms with Crippen molar-refractivity contribution in [1.82, 2.24) is 0 Å². The first-order chi connectivity index (χ1) is 12.5. The fourth-order valence-electron chi connectivity index (χ4n) is 3.33. The largest absolute Gasteiger partial charge is 0.496 e. The molecule has 26 heavy (non-hydrogen) atoms. The lowest BCUT2D eigenvalue weighted by atomic mass is 9.91. The van der Waals surface area contributed by atoms with Crippen LogP contribution in [0.3, 0.4) is 0 Å². The van der Waals surface area contributed by atoms with Crippen LogP contribution in [0.1, 0.15) is 43.4 Å². The van der Waals surface area contributed by atoms with Gasteiger partial charge in [-0.1, -0.05) is 76.1 Å². The highest BCUT2D eigenvalue weighted by Crippen LogP contribution is 2.37. The van der Waals surface area contributed by atoms with Crippen LogP contribution in [-0.4, -0.2) is 12.4 Å². The van der Waals surface area contributed by atoms with E-state index in [-0.39, 0.29) is 0 Å². The van der Waals surface area contributed by atoms with E-state index in [1.807, 2.05) is 6.08 Å². The second kappa shape index (κ2) is 9.78. The highest BCUT2D eigenvalue weighted by atomic mass is 79.9. The summed E-state index contributed by atoms with van der Waals surface area (Å²) in [4.78, 5) is 0. The van der Waals surface area contributed by atoms with Crippen molar-refractivity contribution in [3.05, 3.63) is 70.8 Å². The number of allylic oxidation sites excluding steroid dienone is 4. The van der Waals surface area contributed by atoms with Crippen LogP contribution in [0.15, 0.2) is 54.1 Å². The van der Waals surface area contributed by atoms with Gasteiger partial charge in [0.25, 0.3) is 0 Å². The van der Waals surface area contributed by atoms with Gasteiger partial charge in [0.05, 0.1) is 7.11 Å². The van der Waals surface area contributed by atoms with Crippen LogP contribution in [-0.2, 0) is 6.42 Å². The van der Waals surface area contributed by atoms with Crippen molar-refractivity contribution < 1.29 is 4.74 Å². The van der Waals surface area contributed by atoms with Gasteiger partial charge < -0.3 is 4.74 Å². The van der Waals surface area contributed by atoms with Crippen molar-refractivity contribution in [2.45, 2.75) is 40.0 Å². The van der Waals surface area contributed by atoms with Gasteiger partial charge in [-0.05, 0) is 56.5 Å². The molecule has 0 N–H and O–H groups in total. The number of ether oxygens (including phenoxy) is 1. The molecule has 2 rings (SSSR count). The molecule has 0 radical (unpaired) electrons. The highest BCUT2D eigenvalue weighted by molar-refractivity contribution is 9.09. The summed E-state index contributed by atoms with van der Waals surface area (Å²) >= 11 is 3.50. The van der Waals surface area contributed by atoms with Gasteiger partial charge in [0, 0.05) is 16.3 Å². The Morgan fingerprint density at radius 3 is 2.42 bits per heavy atom. The summed E-state index contributed by atoms with van der Waals surface area (Å²) in [6.45, 7) is 10.6. The normalized spacial score (nSPS) is 12.5. The maximum Gasteiger partial charge on any atom is 0.130 e. The second-order valence-corrected chi connectivity index (χ2v) is 7.34. The molecule has 0 bridgehead atoms. The number of hydrogen-bond donors (Lipinski definition) is 0. The van der Waals surface area contributed by atoms with Crippen LogP contribution < -0.4 is 4.74 Å². The van der Waals surface area contributed by atoms with E-state index in [9.17, 15) is 0 Å². The molecule has 0 atom stereocenters. The molecule has 0 spiro atoms. The molecule has 1 nitrogen and oxygen atoms in total. The summed E-state index contributed by atoms with van der Waals surface area (Å²) in [5.74, 6) is 0.989. The number of rotatable bonds is 8. The van der Waals surface area contributed by atoms with Gasteiger partial charge in [-0.3, -0.25) is 0 Å². The smallest absolute Gasteiger partial charge is 0.130 e. The van der Waals surface area contributed by atoms with Crippen molar-refractivity contribution in [3.8, 4) is 5.75 Å². The minimum atomic E-state index is 0.883. The minimum Gasteiger partial charge on any atom is -0.496 e. The number of benzene rings is 2. The van der Waals surface area contributed by atoms with Gasteiger partial charge in [-0.2, -0.15) is 0 Å². The van der Waals surface area contributed by atoms with Crippen LogP contribution in [0.5, 0.6) is 5.75 Å². The summed E-state index contributed by atoms with van der Waals surface area (Å²) < 4.78 is 5.82. The number of methoxy groups -OCH3 is 1. The summed E-state index contributed by atoms with van der Waals surface area (Å²) in [7, 11) is 1.77. The van der Waals surface area contributed by atoms with Gasteiger partial charge in [0.1, 0.15) is 5.75 Å². The zero-order chi connectivity index (χ0) is 19.1. The molecule has 2 heteroatoms. The molecule has 0 aliphatic carbocycles. The molecule has 0 aliphatic rings. The molecule has 0 saturated heterocycles. The zero-order valence-electron chi connectivity index (χ0n) is 16.4. The predicted octanol–water partition coefficient (Wildman–Crippen LogP) is 7.41. The molecule has 0 saturated carbocycles. The Labute approximate surface area is 166 Å². The Morgan fingerprint density at radius 2 is 1.81 bits per heavy atom. The van der Waals surface area contributed by atoms with E-state index in [0.717, 1.165) is 35.7 Å². The molecule has 0 unspecified atom stereocenters. The number of hydrogen-bond acceptors (Lipinski definition) is 1. The van der Waals surface area contributed by atoms with E-state index < -0.39 is 0 Å². The van der Waals surface area contributed by atoms with Crippen LogP contribution in [0, 0.1) is 6.92 Å². The minimum absolute atomic E-state index is 0.883. The Balaban J connectivity index is 2.35. The van der Waals surface area contributed by atoms with Crippen LogP contribution >= 0.6 is 15.9 Å². The monoisotopic (exact) mass is 412 g/mol. The number of halogens is 1. The number of fused-ring (bicyclic) bond motifs is 1. The fourth-order valence-corrected chi connectivity index (χ4v) is 3.56. The highest BCUT2D eigenvalue weighted by Gasteiger charge is 2.15. The summed E-state index contributed by atoms with van der Waals surface area (Å²) in [6, 6.07) is 8.41. The molecular formula is C24H29BrO. The first-order valence-electron chi connectivity index (χ1n) is 9.11. The second-order valence-electron chi connectivity index (χ2n) is 6.78. The molecule has 2 aromatic carbocycles. The molecule has 138 valence electrons. The molecule has 0 amide bonds. The third-order valence-electron chi connectivity index (χ3n) is 4.90. The Bertz CT molecular complexity index is 843. The van der Waals surface area contributed by atoms with E-state index in [2.05, 4.69) is 79.7 Å². The van der Waals surface area contributed by atoms with Crippen molar-refractivity contribution >= 4 is 32.8 Å². The predicted molar refractivity (Wildman–Crippen MR) is 120 cm³/mol. The zero-order valence-corrected chi connectivity index (χ0v) is 17.9. The standard InChI is InChI=1S/C24H29BrO/c1-6-20-19(4)21(15-14-17(2)10-9-11-18(3)16-25)24(26-5)23-13-8-7-12-22(20)23/h6-8,11-14H,1,9-10,15-16H2,2-5H3. The van der Waals surface area contributed by atoms with Crippen molar-refractivity contribution in [1.29, 1.82) is 0 Å². The van der Waals surface area contributed by atoms with E-state index in [0.29, 0.717) is 0 Å². The lowest BCUT2D eigenvalue weighted by Gasteiger charge is -2.17. The molecule has 0 heterocycles. The molecular weight excluding hydrogens is 384 g/mol. The Morgan fingerprint density at radius 1 is 1.12 bits per heavy atom. The van der Waals surface area contributed by atoms with E-state index in [4.69, 9.17) is 4.74 Å². The quantitative estimate of drug-likeness (QED) is 0.323. The number of alkyl halides is 1. The third kappa shape index (κ3) is 4.67. The maximum atomic E-state index is 5.82. The van der Waals surface area contributed by atoms with Crippen LogP contribution in [0.25, 0.3) is 16.8 Å². The molecule has 0 aromatic heterocycles. The first kappa shape index (κ1) is 20.5. The summed E-state index contributed by atoms with van der Waals surface area (Å²) in [5.41, 5.74) is 6.53. The fraction of sp³-hybridized carbons (Fsp3) is 0.333. The molecule has 2 aromatic rings. The third-order valence-corrected chi connectivity index (χ3v) is 5.78. The van der Waals surface area contributed by atoms with E-state index in [1.54, 1.807) is 7.11 Å². The lowest BCUT2D eigenvalue weighted by Crippen LogP contribution is -1.99. The summed E-state index contributed by atoms with van der Waals surface area (Å²) in [5, 5.41) is 3.32.